The number of carbonyl (C=O) groups is 1. The van der Waals surface area contributed by atoms with E-state index in [1.165, 1.54) is 25.8 Å². The van der Waals surface area contributed by atoms with Crippen molar-refractivity contribution in [2.45, 2.75) is 37.8 Å². The van der Waals surface area contributed by atoms with Crippen LogP contribution in [0.4, 0.5) is 4.79 Å². The number of aliphatic hydroxyl groups is 1. The Balaban J connectivity index is 1.79. The lowest BCUT2D eigenvalue weighted by molar-refractivity contribution is 0.178. The van der Waals surface area contributed by atoms with Crippen LogP contribution in [0.25, 0.3) is 0 Å². The molecule has 0 aromatic heterocycles. The molecule has 5 heteroatoms. The number of hydrogen-bond donors (Lipinski definition) is 3. The second kappa shape index (κ2) is 5.50. The molecular formula is C11H21N3O2. The van der Waals surface area contributed by atoms with Crippen LogP contribution in [-0.4, -0.2) is 54.4 Å². The van der Waals surface area contributed by atoms with Gasteiger partial charge >= 0.3 is 6.03 Å². The number of nitrogens with one attached hydrogen (secondary N) is 2. The summed E-state index contributed by atoms with van der Waals surface area (Å²) in [5.41, 5.74) is 0. The molecule has 0 aliphatic carbocycles. The van der Waals surface area contributed by atoms with Crippen molar-refractivity contribution < 1.29 is 9.90 Å². The maximum atomic E-state index is 11.5. The standard InChI is InChI=1S/C11H21N3O2/c15-8-5-12-11(16)13-9-4-7-14-6-2-1-3-10(9)14/h9-10,15H,1-8H2,(H2,12,13,16). The van der Waals surface area contributed by atoms with Crippen LogP contribution >= 0.6 is 0 Å². The number of rotatable bonds is 3. The first-order valence-electron chi connectivity index (χ1n) is 6.20. The Hall–Kier alpha value is -0.810. The van der Waals surface area contributed by atoms with Crippen molar-refractivity contribution in [1.82, 2.24) is 15.5 Å². The quantitative estimate of drug-likeness (QED) is 0.631. The van der Waals surface area contributed by atoms with Crippen molar-refractivity contribution in [3.63, 3.8) is 0 Å². The van der Waals surface area contributed by atoms with Gasteiger partial charge < -0.3 is 15.7 Å². The van der Waals surface area contributed by atoms with Gasteiger partial charge in [0.25, 0.3) is 0 Å². The predicted octanol–water partition coefficient (Wildman–Crippen LogP) is -0.0953. The van der Waals surface area contributed by atoms with E-state index < -0.39 is 0 Å². The molecule has 0 radical (unpaired) electrons. The monoisotopic (exact) mass is 227 g/mol. The Kier molecular flexibility index (Phi) is 4.01. The molecule has 0 aromatic carbocycles. The number of carbonyl (C=O) groups excluding carboxylic acids is 1. The molecule has 2 amide bonds. The maximum absolute atomic E-state index is 11.5. The molecule has 2 unspecified atom stereocenters. The predicted molar refractivity (Wildman–Crippen MR) is 61.2 cm³/mol. The van der Waals surface area contributed by atoms with Crippen LogP contribution in [0.15, 0.2) is 0 Å². The molecule has 2 saturated heterocycles. The Bertz CT molecular complexity index is 247. The highest BCUT2D eigenvalue weighted by atomic mass is 16.3. The normalized spacial score (nSPS) is 29.8. The van der Waals surface area contributed by atoms with E-state index in [-0.39, 0.29) is 12.6 Å². The number of nitrogens with zero attached hydrogens (tertiary/aromatic N) is 1. The van der Waals surface area contributed by atoms with E-state index in [1.807, 2.05) is 0 Å². The zero-order valence-corrected chi connectivity index (χ0v) is 9.61. The second-order valence-corrected chi connectivity index (χ2v) is 4.62. The van der Waals surface area contributed by atoms with E-state index in [4.69, 9.17) is 5.11 Å². The van der Waals surface area contributed by atoms with Crippen LogP contribution in [0, 0.1) is 0 Å². The Labute approximate surface area is 96.2 Å². The van der Waals surface area contributed by atoms with Crippen molar-refractivity contribution in [1.29, 1.82) is 0 Å². The van der Waals surface area contributed by atoms with Crippen LogP contribution in [0.1, 0.15) is 25.7 Å². The van der Waals surface area contributed by atoms with E-state index in [2.05, 4.69) is 15.5 Å². The van der Waals surface area contributed by atoms with Gasteiger partial charge in [-0.15, -0.1) is 0 Å². The molecule has 2 heterocycles. The summed E-state index contributed by atoms with van der Waals surface area (Å²) in [5.74, 6) is 0. The van der Waals surface area contributed by atoms with Gasteiger partial charge in [0.05, 0.1) is 6.61 Å². The summed E-state index contributed by atoms with van der Waals surface area (Å²) in [6, 6.07) is 0.680. The second-order valence-electron chi connectivity index (χ2n) is 4.62. The molecule has 2 rings (SSSR count). The Morgan fingerprint density at radius 3 is 3.00 bits per heavy atom. The highest BCUT2D eigenvalue weighted by Gasteiger charge is 2.35. The average Bonchev–Trinajstić information content (AvgIpc) is 2.70. The van der Waals surface area contributed by atoms with E-state index in [1.54, 1.807) is 0 Å². The molecule has 0 bridgehead atoms. The van der Waals surface area contributed by atoms with Crippen molar-refractivity contribution in [2.75, 3.05) is 26.2 Å². The molecule has 0 aromatic rings. The third-order valence-electron chi connectivity index (χ3n) is 3.57. The van der Waals surface area contributed by atoms with Gasteiger partial charge in [0.1, 0.15) is 0 Å². The summed E-state index contributed by atoms with van der Waals surface area (Å²) in [7, 11) is 0. The first-order chi connectivity index (χ1) is 7.81. The molecule has 2 atom stereocenters. The lowest BCUT2D eigenvalue weighted by atomic mass is 9.99. The fraction of sp³-hybridized carbons (Fsp3) is 0.909. The molecule has 3 N–H and O–H groups in total. The Morgan fingerprint density at radius 1 is 1.31 bits per heavy atom. The lowest BCUT2D eigenvalue weighted by Crippen LogP contribution is -2.50. The van der Waals surface area contributed by atoms with E-state index in [0.717, 1.165) is 13.0 Å². The lowest BCUT2D eigenvalue weighted by Gasteiger charge is -2.32. The van der Waals surface area contributed by atoms with Crippen molar-refractivity contribution in [3.8, 4) is 0 Å². The van der Waals surface area contributed by atoms with Gasteiger partial charge in [-0.05, 0) is 25.8 Å². The van der Waals surface area contributed by atoms with Crippen LogP contribution in [0.5, 0.6) is 0 Å². The smallest absolute Gasteiger partial charge is 0.315 e. The fourth-order valence-electron chi connectivity index (χ4n) is 2.80. The maximum Gasteiger partial charge on any atom is 0.315 e. The highest BCUT2D eigenvalue weighted by Crippen LogP contribution is 2.26. The molecule has 16 heavy (non-hydrogen) atoms. The third-order valence-corrected chi connectivity index (χ3v) is 3.57. The van der Waals surface area contributed by atoms with Gasteiger partial charge in [0.15, 0.2) is 0 Å². The average molecular weight is 227 g/mol. The van der Waals surface area contributed by atoms with E-state index in [9.17, 15) is 4.79 Å². The highest BCUT2D eigenvalue weighted by molar-refractivity contribution is 5.74. The van der Waals surface area contributed by atoms with Crippen LogP contribution in [0.2, 0.25) is 0 Å². The van der Waals surface area contributed by atoms with Crippen molar-refractivity contribution >= 4 is 6.03 Å². The summed E-state index contributed by atoms with van der Waals surface area (Å²) >= 11 is 0. The number of fused-ring (bicyclic) bond motifs is 1. The van der Waals surface area contributed by atoms with Gasteiger partial charge in [-0.1, -0.05) is 6.42 Å². The minimum atomic E-state index is -0.147. The molecule has 2 aliphatic rings. The summed E-state index contributed by atoms with van der Waals surface area (Å²) < 4.78 is 0. The van der Waals surface area contributed by atoms with Crippen LogP contribution in [-0.2, 0) is 0 Å². The van der Waals surface area contributed by atoms with Crippen molar-refractivity contribution in [3.05, 3.63) is 0 Å². The number of aliphatic hydroxyl groups excluding tert-OH is 1. The summed E-state index contributed by atoms with van der Waals surface area (Å²) in [6.07, 6.45) is 4.82. The van der Waals surface area contributed by atoms with Gasteiger partial charge in [-0.3, -0.25) is 4.90 Å². The summed E-state index contributed by atoms with van der Waals surface area (Å²) in [6.45, 7) is 2.61. The summed E-state index contributed by atoms with van der Waals surface area (Å²) in [4.78, 5) is 14.0. The molecule has 92 valence electrons. The number of piperidine rings is 1. The first-order valence-corrected chi connectivity index (χ1v) is 6.20. The molecule has 2 fully saturated rings. The Morgan fingerprint density at radius 2 is 2.19 bits per heavy atom. The minimum Gasteiger partial charge on any atom is -0.395 e. The summed E-state index contributed by atoms with van der Waals surface area (Å²) in [5, 5.41) is 14.3. The topological polar surface area (TPSA) is 64.6 Å². The first kappa shape index (κ1) is 11.7. The van der Waals surface area contributed by atoms with Crippen LogP contribution < -0.4 is 10.6 Å². The van der Waals surface area contributed by atoms with Gasteiger partial charge in [0.2, 0.25) is 0 Å². The molecule has 5 nitrogen and oxygen atoms in total. The third kappa shape index (κ3) is 2.65. The van der Waals surface area contributed by atoms with E-state index in [0.29, 0.717) is 18.6 Å². The zero-order chi connectivity index (χ0) is 11.4. The van der Waals surface area contributed by atoms with Gasteiger partial charge in [0, 0.05) is 25.2 Å². The van der Waals surface area contributed by atoms with E-state index >= 15 is 0 Å². The number of hydrogen-bond acceptors (Lipinski definition) is 3. The van der Waals surface area contributed by atoms with Gasteiger partial charge in [-0.25, -0.2) is 4.79 Å². The number of urea groups is 1. The fourth-order valence-corrected chi connectivity index (χ4v) is 2.80. The molecular weight excluding hydrogens is 206 g/mol. The van der Waals surface area contributed by atoms with Gasteiger partial charge in [-0.2, -0.15) is 0 Å². The molecule has 0 saturated carbocycles. The minimum absolute atomic E-state index is 0.00631. The zero-order valence-electron chi connectivity index (χ0n) is 9.61. The SMILES string of the molecule is O=C(NCCO)NC1CCN2CCCCC12. The largest absolute Gasteiger partial charge is 0.395 e. The van der Waals surface area contributed by atoms with Crippen LogP contribution in [0.3, 0.4) is 0 Å². The van der Waals surface area contributed by atoms with Crippen molar-refractivity contribution in [2.24, 2.45) is 0 Å². The molecule has 2 aliphatic heterocycles. The number of amides is 2. The molecule has 0 spiro atoms.